The number of carbonyl (C=O) groups is 2. The number of hydrogen-bond donors (Lipinski definition) is 2. The molecular weight excluding hydrogens is 367 g/mol. The van der Waals surface area contributed by atoms with E-state index in [2.05, 4.69) is 0 Å². The molecule has 0 saturated carbocycles. The van der Waals surface area contributed by atoms with Crippen LogP contribution in [0.5, 0.6) is 0 Å². The van der Waals surface area contributed by atoms with Crippen LogP contribution in [0, 0.1) is 0 Å². The van der Waals surface area contributed by atoms with Gasteiger partial charge in [0, 0.05) is 18.7 Å². The average molecular weight is 387 g/mol. The molecule has 1 aliphatic heterocycles. The number of ether oxygens (including phenoxy) is 1. The van der Waals surface area contributed by atoms with E-state index in [-0.39, 0.29) is 17.2 Å². The topological polar surface area (TPSA) is 92.9 Å². The molecule has 1 aliphatic rings. The zero-order valence-electron chi connectivity index (χ0n) is 13.8. The fourth-order valence-electron chi connectivity index (χ4n) is 2.78. The predicted octanol–water partition coefficient (Wildman–Crippen LogP) is 3.30. The summed E-state index contributed by atoms with van der Waals surface area (Å²) < 4.78 is 4.78. The van der Waals surface area contributed by atoms with E-state index >= 15 is 0 Å². The lowest BCUT2D eigenvalue weighted by atomic mass is 10.0. The normalized spacial score (nSPS) is 15.6. The van der Waals surface area contributed by atoms with Crippen LogP contribution in [-0.4, -0.2) is 36.7 Å². The highest BCUT2D eigenvalue weighted by molar-refractivity contribution is 6.40. The number of primary amides is 1. The van der Waals surface area contributed by atoms with Crippen molar-refractivity contribution >= 4 is 46.5 Å². The van der Waals surface area contributed by atoms with Gasteiger partial charge in [-0.3, -0.25) is 4.79 Å². The van der Waals surface area contributed by atoms with Crippen LogP contribution in [-0.2, 0) is 14.3 Å². The molecule has 1 amide bonds. The highest BCUT2D eigenvalue weighted by atomic mass is 35.5. The van der Waals surface area contributed by atoms with Gasteiger partial charge in [0.2, 0.25) is 0 Å². The number of piperidine rings is 1. The van der Waals surface area contributed by atoms with Crippen LogP contribution in [0.4, 0.5) is 5.69 Å². The molecule has 0 aromatic heterocycles. The Labute approximate surface area is 156 Å². The van der Waals surface area contributed by atoms with E-state index in [4.69, 9.17) is 33.7 Å². The van der Waals surface area contributed by atoms with E-state index in [1.54, 1.807) is 13.0 Å². The van der Waals surface area contributed by atoms with Gasteiger partial charge in [0.15, 0.2) is 5.57 Å². The second kappa shape index (κ2) is 8.45. The Morgan fingerprint density at radius 2 is 1.88 bits per heavy atom. The lowest BCUT2D eigenvalue weighted by Gasteiger charge is -2.31. The number of rotatable bonds is 5. The molecule has 136 valence electrons. The van der Waals surface area contributed by atoms with E-state index in [0.29, 0.717) is 10.7 Å². The molecule has 0 bridgehead atoms. The molecule has 0 aliphatic carbocycles. The molecule has 0 unspecified atom stereocenters. The number of nitrogens with two attached hydrogens (primary N) is 1. The summed E-state index contributed by atoms with van der Waals surface area (Å²) in [6, 6.07) is 3.00. The Morgan fingerprint density at radius 3 is 2.44 bits per heavy atom. The number of hydrogen-bond acceptors (Lipinski definition) is 5. The first kappa shape index (κ1) is 19.4. The molecule has 1 aromatic rings. The molecule has 1 aromatic carbocycles. The van der Waals surface area contributed by atoms with E-state index in [1.807, 2.05) is 4.90 Å². The number of aliphatic hydroxyl groups is 1. The summed E-state index contributed by atoms with van der Waals surface area (Å²) in [5.41, 5.74) is 5.26. The fourth-order valence-corrected chi connectivity index (χ4v) is 3.48. The summed E-state index contributed by atoms with van der Waals surface area (Å²) in [5, 5.41) is 11.1. The van der Waals surface area contributed by atoms with E-state index in [0.717, 1.165) is 32.4 Å². The third-order valence-electron chi connectivity index (χ3n) is 3.96. The molecular formula is C17H20Cl2N2O4. The van der Waals surface area contributed by atoms with Gasteiger partial charge in [-0.1, -0.05) is 23.2 Å². The van der Waals surface area contributed by atoms with E-state index in [9.17, 15) is 14.7 Å². The van der Waals surface area contributed by atoms with Gasteiger partial charge in [-0.15, -0.1) is 0 Å². The Hall–Kier alpha value is -1.92. The monoisotopic (exact) mass is 386 g/mol. The van der Waals surface area contributed by atoms with Crippen LogP contribution in [0.1, 0.15) is 31.7 Å². The van der Waals surface area contributed by atoms with Crippen molar-refractivity contribution in [3.63, 3.8) is 0 Å². The highest BCUT2D eigenvalue weighted by Crippen LogP contribution is 2.40. The smallest absolute Gasteiger partial charge is 0.347 e. The number of amides is 1. The van der Waals surface area contributed by atoms with Crippen molar-refractivity contribution in [1.29, 1.82) is 0 Å². The third-order valence-corrected chi connectivity index (χ3v) is 4.64. The minimum Gasteiger partial charge on any atom is -0.506 e. The number of aliphatic hydroxyl groups excluding tert-OH is 1. The molecule has 25 heavy (non-hydrogen) atoms. The van der Waals surface area contributed by atoms with Crippen LogP contribution < -0.4 is 10.6 Å². The zero-order chi connectivity index (χ0) is 18.6. The molecule has 1 fully saturated rings. The third kappa shape index (κ3) is 4.19. The van der Waals surface area contributed by atoms with Crippen LogP contribution in [0.25, 0.3) is 5.76 Å². The second-order valence-corrected chi connectivity index (χ2v) is 6.40. The van der Waals surface area contributed by atoms with Gasteiger partial charge in [0.1, 0.15) is 5.76 Å². The van der Waals surface area contributed by atoms with Crippen LogP contribution in [0.2, 0.25) is 10.0 Å². The van der Waals surface area contributed by atoms with Crippen molar-refractivity contribution in [3.8, 4) is 0 Å². The lowest BCUT2D eigenvalue weighted by Crippen LogP contribution is -2.30. The van der Waals surface area contributed by atoms with Crippen molar-refractivity contribution in [1.82, 2.24) is 0 Å². The molecule has 0 atom stereocenters. The number of carbonyl (C=O) groups excluding carboxylic acids is 2. The summed E-state index contributed by atoms with van der Waals surface area (Å²) in [7, 11) is 0. The molecule has 6 nitrogen and oxygen atoms in total. The maximum absolute atomic E-state index is 11.9. The Balaban J connectivity index is 2.55. The maximum atomic E-state index is 11.9. The van der Waals surface area contributed by atoms with Gasteiger partial charge >= 0.3 is 5.97 Å². The number of benzene rings is 1. The van der Waals surface area contributed by atoms with Crippen LogP contribution in [0.15, 0.2) is 17.7 Å². The largest absolute Gasteiger partial charge is 0.506 e. The van der Waals surface area contributed by atoms with Crippen molar-refractivity contribution in [2.75, 3.05) is 24.6 Å². The number of esters is 1. The van der Waals surface area contributed by atoms with Crippen molar-refractivity contribution < 1.29 is 19.4 Å². The number of nitrogens with zero attached hydrogens (tertiary/aromatic N) is 1. The minimum atomic E-state index is -1.10. The van der Waals surface area contributed by atoms with Crippen molar-refractivity contribution in [2.24, 2.45) is 5.73 Å². The summed E-state index contributed by atoms with van der Waals surface area (Å²) in [6.07, 6.45) is 3.15. The van der Waals surface area contributed by atoms with Gasteiger partial charge in [-0.2, -0.15) is 0 Å². The number of anilines is 1. The van der Waals surface area contributed by atoms with Crippen LogP contribution >= 0.6 is 23.2 Å². The summed E-state index contributed by atoms with van der Waals surface area (Å²) in [5.74, 6) is -2.72. The molecule has 0 spiro atoms. The van der Waals surface area contributed by atoms with Gasteiger partial charge < -0.3 is 20.5 Å². The molecule has 1 heterocycles. The van der Waals surface area contributed by atoms with E-state index in [1.165, 1.54) is 6.07 Å². The summed E-state index contributed by atoms with van der Waals surface area (Å²) >= 11 is 12.7. The second-order valence-electron chi connectivity index (χ2n) is 5.61. The van der Waals surface area contributed by atoms with Gasteiger partial charge in [0.05, 0.1) is 22.3 Å². The Morgan fingerprint density at radius 1 is 1.24 bits per heavy atom. The average Bonchev–Trinajstić information content (AvgIpc) is 2.56. The SMILES string of the molecule is CCOC(=O)C(C(N)=O)=C(O)c1ccc(Cl)c(N2CCCCC2)c1Cl. The first-order chi connectivity index (χ1) is 11.9. The molecule has 1 saturated heterocycles. The van der Waals surface area contributed by atoms with Gasteiger partial charge in [-0.05, 0) is 38.3 Å². The summed E-state index contributed by atoms with van der Waals surface area (Å²) in [6.45, 7) is 3.19. The quantitative estimate of drug-likeness (QED) is 0.266. The standard InChI is InChI=1S/C17H20Cl2N2O4/c1-2-25-17(24)12(16(20)23)15(22)10-6-7-11(18)14(13(10)19)21-8-4-3-5-9-21/h6-7,22H,2-5,8-9H2,1H3,(H2,20,23). The molecule has 3 N–H and O–H groups in total. The first-order valence-electron chi connectivity index (χ1n) is 8.02. The first-order valence-corrected chi connectivity index (χ1v) is 8.77. The van der Waals surface area contributed by atoms with Crippen LogP contribution in [0.3, 0.4) is 0 Å². The van der Waals surface area contributed by atoms with Crippen molar-refractivity contribution in [2.45, 2.75) is 26.2 Å². The number of halogens is 2. The lowest BCUT2D eigenvalue weighted by molar-refractivity contribution is -0.139. The van der Waals surface area contributed by atoms with Gasteiger partial charge in [-0.25, -0.2) is 4.79 Å². The molecule has 2 rings (SSSR count). The molecule has 0 radical (unpaired) electrons. The Bertz CT molecular complexity index is 713. The maximum Gasteiger partial charge on any atom is 0.347 e. The van der Waals surface area contributed by atoms with Gasteiger partial charge in [0.25, 0.3) is 5.91 Å². The van der Waals surface area contributed by atoms with Crippen molar-refractivity contribution in [3.05, 3.63) is 33.3 Å². The highest BCUT2D eigenvalue weighted by Gasteiger charge is 2.27. The fraction of sp³-hybridized carbons (Fsp3) is 0.412. The molecule has 8 heteroatoms. The predicted molar refractivity (Wildman–Crippen MR) is 97.9 cm³/mol. The Kier molecular flexibility index (Phi) is 6.56. The summed E-state index contributed by atoms with van der Waals surface area (Å²) in [4.78, 5) is 25.6. The van der Waals surface area contributed by atoms with E-state index < -0.39 is 23.2 Å². The minimum absolute atomic E-state index is 0.0380. The zero-order valence-corrected chi connectivity index (χ0v) is 15.4.